The van der Waals surface area contributed by atoms with Gasteiger partial charge < -0.3 is 15.4 Å². The molecule has 1 saturated heterocycles. The molecule has 0 radical (unpaired) electrons. The fourth-order valence-corrected chi connectivity index (χ4v) is 4.17. The minimum absolute atomic E-state index is 0.0131. The van der Waals surface area contributed by atoms with Crippen LogP contribution in [0.5, 0.6) is 11.5 Å². The molecule has 2 N–H and O–H groups in total. The van der Waals surface area contributed by atoms with Gasteiger partial charge in [0.1, 0.15) is 17.3 Å². The van der Waals surface area contributed by atoms with E-state index in [9.17, 15) is 9.18 Å². The van der Waals surface area contributed by atoms with Gasteiger partial charge in [-0.3, -0.25) is 4.79 Å². The second-order valence-electron chi connectivity index (χ2n) is 6.92. The fourth-order valence-electron chi connectivity index (χ4n) is 3.35. The summed E-state index contributed by atoms with van der Waals surface area (Å²) in [6.07, 6.45) is 1.86. The molecular formula is C22H21FN2O2S. The molecule has 3 aromatic rings. The molecule has 144 valence electrons. The molecule has 2 heterocycles. The highest BCUT2D eigenvalue weighted by atomic mass is 32.1. The van der Waals surface area contributed by atoms with Gasteiger partial charge >= 0.3 is 0 Å². The van der Waals surface area contributed by atoms with Crippen molar-refractivity contribution < 1.29 is 13.9 Å². The van der Waals surface area contributed by atoms with Crippen LogP contribution >= 0.6 is 11.3 Å². The first-order chi connectivity index (χ1) is 13.7. The normalized spacial score (nSPS) is 18.8. The lowest BCUT2D eigenvalue weighted by Gasteiger charge is -2.12. The van der Waals surface area contributed by atoms with E-state index in [-0.39, 0.29) is 17.8 Å². The Labute approximate surface area is 167 Å². The summed E-state index contributed by atoms with van der Waals surface area (Å²) in [6, 6.07) is 17.1. The van der Waals surface area contributed by atoms with Gasteiger partial charge in [0.15, 0.2) is 0 Å². The van der Waals surface area contributed by atoms with Gasteiger partial charge in [0.2, 0.25) is 5.91 Å². The number of hydrogen-bond acceptors (Lipinski definition) is 4. The first-order valence-electron chi connectivity index (χ1n) is 9.26. The van der Waals surface area contributed by atoms with Gasteiger partial charge in [-0.2, -0.15) is 0 Å². The largest absolute Gasteiger partial charge is 0.457 e. The number of anilines is 1. The van der Waals surface area contributed by atoms with Gasteiger partial charge in [-0.15, -0.1) is 11.3 Å². The molecule has 4 rings (SSSR count). The second kappa shape index (κ2) is 8.54. The van der Waals surface area contributed by atoms with Crippen molar-refractivity contribution in [2.24, 2.45) is 5.92 Å². The maximum absolute atomic E-state index is 12.9. The van der Waals surface area contributed by atoms with E-state index in [0.29, 0.717) is 17.4 Å². The number of hydrogen-bond donors (Lipinski definition) is 2. The zero-order valence-electron chi connectivity index (χ0n) is 15.2. The van der Waals surface area contributed by atoms with Crippen LogP contribution in [-0.2, 0) is 11.2 Å². The summed E-state index contributed by atoms with van der Waals surface area (Å²) < 4.78 is 18.6. The van der Waals surface area contributed by atoms with Crippen LogP contribution in [0.1, 0.15) is 11.3 Å². The number of carbonyl (C=O) groups is 1. The Morgan fingerprint density at radius 2 is 1.82 bits per heavy atom. The van der Waals surface area contributed by atoms with E-state index in [4.69, 9.17) is 4.74 Å². The number of amides is 1. The molecule has 4 nitrogen and oxygen atoms in total. The van der Waals surface area contributed by atoms with Crippen LogP contribution in [0.15, 0.2) is 66.0 Å². The second-order valence-corrected chi connectivity index (χ2v) is 7.95. The van der Waals surface area contributed by atoms with E-state index in [2.05, 4.69) is 28.1 Å². The summed E-state index contributed by atoms with van der Waals surface area (Å²) in [5.41, 5.74) is 0.722. The Hall–Kier alpha value is -2.70. The summed E-state index contributed by atoms with van der Waals surface area (Å²) in [5, 5.41) is 8.37. The standard InChI is InChI=1S/C22H21FN2O2S/c23-16-3-7-18(8-4-16)27-19-9-5-17(6-10-19)25-22(26)21-13-15(14-24-21)12-20-2-1-11-28-20/h1-11,15,21,24H,12-14H2,(H,25,26). The quantitative estimate of drug-likeness (QED) is 0.627. The molecule has 1 aliphatic rings. The van der Waals surface area contributed by atoms with Crippen LogP contribution in [-0.4, -0.2) is 18.5 Å². The van der Waals surface area contributed by atoms with E-state index in [0.717, 1.165) is 25.1 Å². The first-order valence-corrected chi connectivity index (χ1v) is 10.1. The van der Waals surface area contributed by atoms with Crippen molar-refractivity contribution in [2.75, 3.05) is 11.9 Å². The maximum Gasteiger partial charge on any atom is 0.241 e. The van der Waals surface area contributed by atoms with E-state index in [1.54, 1.807) is 47.7 Å². The summed E-state index contributed by atoms with van der Waals surface area (Å²) in [6.45, 7) is 0.862. The third-order valence-corrected chi connectivity index (χ3v) is 5.68. The van der Waals surface area contributed by atoms with Crippen molar-refractivity contribution in [3.05, 3.63) is 76.7 Å². The predicted octanol–water partition coefficient (Wildman–Crippen LogP) is 4.84. The Bertz CT molecular complexity index is 911. The van der Waals surface area contributed by atoms with Crippen molar-refractivity contribution >= 4 is 22.9 Å². The molecule has 1 aromatic heterocycles. The monoisotopic (exact) mass is 396 g/mol. The molecule has 1 amide bonds. The molecule has 1 aliphatic heterocycles. The van der Waals surface area contributed by atoms with Crippen molar-refractivity contribution in [1.82, 2.24) is 5.32 Å². The predicted molar refractivity (Wildman–Crippen MR) is 109 cm³/mol. The lowest BCUT2D eigenvalue weighted by molar-refractivity contribution is -0.117. The lowest BCUT2D eigenvalue weighted by Crippen LogP contribution is -2.35. The highest BCUT2D eigenvalue weighted by molar-refractivity contribution is 7.09. The van der Waals surface area contributed by atoms with Crippen LogP contribution in [0.4, 0.5) is 10.1 Å². The van der Waals surface area contributed by atoms with Gasteiger partial charge in [-0.1, -0.05) is 6.07 Å². The molecule has 0 saturated carbocycles. The van der Waals surface area contributed by atoms with E-state index < -0.39 is 0 Å². The van der Waals surface area contributed by atoms with Gasteiger partial charge in [-0.25, -0.2) is 4.39 Å². The van der Waals surface area contributed by atoms with Crippen LogP contribution < -0.4 is 15.4 Å². The van der Waals surface area contributed by atoms with Gasteiger partial charge in [0.25, 0.3) is 0 Å². The van der Waals surface area contributed by atoms with E-state index >= 15 is 0 Å². The minimum atomic E-state index is -0.302. The number of rotatable bonds is 6. The number of carbonyl (C=O) groups excluding carboxylic acids is 1. The number of thiophene rings is 1. The van der Waals surface area contributed by atoms with Crippen LogP contribution in [0, 0.1) is 11.7 Å². The van der Waals surface area contributed by atoms with E-state index in [1.165, 1.54) is 17.0 Å². The molecular weight excluding hydrogens is 375 g/mol. The third-order valence-electron chi connectivity index (χ3n) is 4.78. The fraction of sp³-hybridized carbons (Fsp3) is 0.227. The van der Waals surface area contributed by atoms with E-state index in [1.807, 2.05) is 0 Å². The first kappa shape index (κ1) is 18.7. The Kier molecular flexibility index (Phi) is 5.69. The number of ether oxygens (including phenoxy) is 1. The molecule has 28 heavy (non-hydrogen) atoms. The average molecular weight is 396 g/mol. The number of benzene rings is 2. The lowest BCUT2D eigenvalue weighted by atomic mass is 10.0. The molecule has 1 fully saturated rings. The molecule has 0 aliphatic carbocycles. The highest BCUT2D eigenvalue weighted by Gasteiger charge is 2.29. The van der Waals surface area contributed by atoms with Crippen molar-refractivity contribution in [2.45, 2.75) is 18.9 Å². The third kappa shape index (κ3) is 4.77. The Balaban J connectivity index is 1.29. The molecule has 2 unspecified atom stereocenters. The highest BCUT2D eigenvalue weighted by Crippen LogP contribution is 2.25. The SMILES string of the molecule is O=C(Nc1ccc(Oc2ccc(F)cc2)cc1)C1CC(Cc2cccs2)CN1. The smallest absolute Gasteiger partial charge is 0.241 e. The molecule has 0 bridgehead atoms. The topological polar surface area (TPSA) is 50.4 Å². The van der Waals surface area contributed by atoms with Crippen molar-refractivity contribution in [3.63, 3.8) is 0 Å². The molecule has 2 atom stereocenters. The zero-order valence-corrected chi connectivity index (χ0v) is 16.0. The number of nitrogens with one attached hydrogen (secondary N) is 2. The molecule has 0 spiro atoms. The molecule has 2 aromatic carbocycles. The maximum atomic E-state index is 12.9. The Morgan fingerprint density at radius 3 is 2.50 bits per heavy atom. The summed E-state index contributed by atoms with van der Waals surface area (Å²) >= 11 is 1.77. The van der Waals surface area contributed by atoms with Gasteiger partial charge in [-0.05, 0) is 85.3 Å². The zero-order chi connectivity index (χ0) is 19.3. The average Bonchev–Trinajstić information content (AvgIpc) is 3.38. The number of halogens is 1. The summed E-state index contributed by atoms with van der Waals surface area (Å²) in [4.78, 5) is 13.9. The van der Waals surface area contributed by atoms with Crippen molar-refractivity contribution in [1.29, 1.82) is 0 Å². The summed E-state index contributed by atoms with van der Waals surface area (Å²) in [5.74, 6) is 1.36. The Morgan fingerprint density at radius 1 is 1.11 bits per heavy atom. The van der Waals surface area contributed by atoms with Crippen LogP contribution in [0.2, 0.25) is 0 Å². The minimum Gasteiger partial charge on any atom is -0.457 e. The molecule has 6 heteroatoms. The van der Waals surface area contributed by atoms with Gasteiger partial charge in [0.05, 0.1) is 6.04 Å². The summed E-state index contributed by atoms with van der Waals surface area (Å²) in [7, 11) is 0. The van der Waals surface area contributed by atoms with Crippen molar-refractivity contribution in [3.8, 4) is 11.5 Å². The van der Waals surface area contributed by atoms with Crippen LogP contribution in [0.25, 0.3) is 0 Å². The van der Waals surface area contributed by atoms with Crippen LogP contribution in [0.3, 0.4) is 0 Å². The van der Waals surface area contributed by atoms with Gasteiger partial charge in [0, 0.05) is 10.6 Å².